The zero-order chi connectivity index (χ0) is 14.8. The van der Waals surface area contributed by atoms with Gasteiger partial charge in [0.2, 0.25) is 0 Å². The second-order valence-electron chi connectivity index (χ2n) is 4.95. The fourth-order valence-electron chi connectivity index (χ4n) is 2.34. The van der Waals surface area contributed by atoms with Crippen LogP contribution >= 0.6 is 23.4 Å². The lowest BCUT2D eigenvalue weighted by atomic mass is 10.2. The first kappa shape index (κ1) is 14.3. The Morgan fingerprint density at radius 3 is 2.90 bits per heavy atom. The molecule has 1 N–H and O–H groups in total. The van der Waals surface area contributed by atoms with Crippen molar-refractivity contribution >= 4 is 40.8 Å². The number of benzene rings is 2. The molecule has 21 heavy (non-hydrogen) atoms. The Balaban J connectivity index is 1.85. The summed E-state index contributed by atoms with van der Waals surface area (Å²) in [5, 5.41) is 3.88. The van der Waals surface area contributed by atoms with Gasteiger partial charge < -0.3 is 5.32 Å². The van der Waals surface area contributed by atoms with Crippen LogP contribution in [0.15, 0.2) is 53.4 Å². The average molecular weight is 319 g/mol. The van der Waals surface area contributed by atoms with Crippen LogP contribution in [0.2, 0.25) is 5.02 Å². The highest BCUT2D eigenvalue weighted by Crippen LogP contribution is 2.38. The van der Waals surface area contributed by atoms with Gasteiger partial charge in [-0.2, -0.15) is 0 Å². The number of amides is 2. The van der Waals surface area contributed by atoms with Crippen molar-refractivity contribution in [2.24, 2.45) is 0 Å². The minimum atomic E-state index is -0.128. The molecule has 2 aromatic rings. The Hall–Kier alpha value is -1.65. The van der Waals surface area contributed by atoms with Crippen molar-refractivity contribution in [3.63, 3.8) is 0 Å². The average Bonchev–Trinajstić information content (AvgIpc) is 2.46. The number of para-hydroxylation sites is 1. The molecule has 2 amide bonds. The Morgan fingerprint density at radius 1 is 1.29 bits per heavy atom. The summed E-state index contributed by atoms with van der Waals surface area (Å²) < 4.78 is 0. The SMILES string of the molecule is CC1CN(C(=O)Nc2cccc(Cl)c2)c2ccccc2S1. The lowest BCUT2D eigenvalue weighted by molar-refractivity contribution is 0.256. The van der Waals surface area contributed by atoms with Gasteiger partial charge in [-0.25, -0.2) is 4.79 Å². The molecule has 0 saturated carbocycles. The first-order valence-corrected chi connectivity index (χ1v) is 7.99. The van der Waals surface area contributed by atoms with Gasteiger partial charge in [0.25, 0.3) is 0 Å². The Bertz CT molecular complexity index is 677. The van der Waals surface area contributed by atoms with E-state index in [0.29, 0.717) is 22.5 Å². The van der Waals surface area contributed by atoms with E-state index in [1.807, 2.05) is 30.3 Å². The maximum Gasteiger partial charge on any atom is 0.326 e. The fraction of sp³-hybridized carbons (Fsp3) is 0.188. The lowest BCUT2D eigenvalue weighted by Gasteiger charge is -2.32. The van der Waals surface area contributed by atoms with E-state index in [0.717, 1.165) is 10.6 Å². The third kappa shape index (κ3) is 3.17. The highest BCUT2D eigenvalue weighted by molar-refractivity contribution is 8.00. The number of rotatable bonds is 1. The number of nitrogens with zero attached hydrogens (tertiary/aromatic N) is 1. The summed E-state index contributed by atoms with van der Waals surface area (Å²) in [5.41, 5.74) is 1.66. The van der Waals surface area contributed by atoms with Crippen molar-refractivity contribution in [2.45, 2.75) is 17.1 Å². The molecule has 0 aliphatic carbocycles. The van der Waals surface area contributed by atoms with Gasteiger partial charge in [-0.3, -0.25) is 4.90 Å². The van der Waals surface area contributed by atoms with Crippen molar-refractivity contribution in [2.75, 3.05) is 16.8 Å². The number of anilines is 2. The monoisotopic (exact) mass is 318 g/mol. The summed E-state index contributed by atoms with van der Waals surface area (Å²) in [6.45, 7) is 2.81. The number of halogens is 1. The predicted octanol–water partition coefficient (Wildman–Crippen LogP) is 4.87. The molecule has 3 nitrogen and oxygen atoms in total. The molecule has 2 aromatic carbocycles. The Kier molecular flexibility index (Phi) is 4.08. The molecular formula is C16H15ClN2OS. The van der Waals surface area contributed by atoms with E-state index in [4.69, 9.17) is 11.6 Å². The summed E-state index contributed by atoms with van der Waals surface area (Å²) in [4.78, 5) is 15.5. The molecule has 5 heteroatoms. The summed E-state index contributed by atoms with van der Waals surface area (Å²) in [5.74, 6) is 0. The number of hydrogen-bond acceptors (Lipinski definition) is 2. The number of thioether (sulfide) groups is 1. The largest absolute Gasteiger partial charge is 0.326 e. The number of nitrogens with one attached hydrogen (secondary N) is 1. The van der Waals surface area contributed by atoms with Crippen LogP contribution in [0.4, 0.5) is 16.2 Å². The van der Waals surface area contributed by atoms with Crippen LogP contribution < -0.4 is 10.2 Å². The molecule has 0 saturated heterocycles. The molecule has 0 fully saturated rings. The number of urea groups is 1. The molecule has 1 aliphatic heterocycles. The second-order valence-corrected chi connectivity index (χ2v) is 6.86. The zero-order valence-electron chi connectivity index (χ0n) is 11.5. The van der Waals surface area contributed by atoms with Gasteiger partial charge in [-0.1, -0.05) is 36.7 Å². The van der Waals surface area contributed by atoms with E-state index in [1.54, 1.807) is 28.8 Å². The van der Waals surface area contributed by atoms with E-state index in [-0.39, 0.29) is 6.03 Å². The molecule has 1 atom stereocenters. The number of carbonyl (C=O) groups excluding carboxylic acids is 1. The normalized spacial score (nSPS) is 17.2. The highest BCUT2D eigenvalue weighted by atomic mass is 35.5. The summed E-state index contributed by atoms with van der Waals surface area (Å²) in [6.07, 6.45) is 0. The molecular weight excluding hydrogens is 304 g/mol. The lowest BCUT2D eigenvalue weighted by Crippen LogP contribution is -2.41. The maximum atomic E-state index is 12.5. The number of carbonyl (C=O) groups is 1. The van der Waals surface area contributed by atoms with Gasteiger partial charge in [0.15, 0.2) is 0 Å². The molecule has 1 heterocycles. The summed E-state index contributed by atoms with van der Waals surface area (Å²) >= 11 is 7.75. The minimum absolute atomic E-state index is 0.128. The van der Waals surface area contributed by atoms with Gasteiger partial charge in [0.1, 0.15) is 0 Å². The van der Waals surface area contributed by atoms with Gasteiger partial charge in [-0.15, -0.1) is 11.8 Å². The van der Waals surface area contributed by atoms with Crippen molar-refractivity contribution < 1.29 is 4.79 Å². The van der Waals surface area contributed by atoms with Crippen molar-refractivity contribution in [3.05, 3.63) is 53.6 Å². The van der Waals surface area contributed by atoms with E-state index >= 15 is 0 Å². The summed E-state index contributed by atoms with van der Waals surface area (Å²) in [7, 11) is 0. The van der Waals surface area contributed by atoms with E-state index in [1.165, 1.54) is 0 Å². The van der Waals surface area contributed by atoms with Crippen LogP contribution in [-0.4, -0.2) is 17.8 Å². The first-order chi connectivity index (χ1) is 10.1. The van der Waals surface area contributed by atoms with Crippen LogP contribution in [0.1, 0.15) is 6.92 Å². The van der Waals surface area contributed by atoms with E-state index in [9.17, 15) is 4.79 Å². The Labute approximate surface area is 133 Å². The molecule has 0 bridgehead atoms. The van der Waals surface area contributed by atoms with Crippen LogP contribution in [0, 0.1) is 0 Å². The van der Waals surface area contributed by atoms with Crippen LogP contribution in [0.25, 0.3) is 0 Å². The fourth-order valence-corrected chi connectivity index (χ4v) is 3.64. The second kappa shape index (κ2) is 6.00. The zero-order valence-corrected chi connectivity index (χ0v) is 13.1. The molecule has 0 aromatic heterocycles. The van der Waals surface area contributed by atoms with Crippen molar-refractivity contribution in [1.29, 1.82) is 0 Å². The molecule has 1 aliphatic rings. The summed E-state index contributed by atoms with van der Waals surface area (Å²) in [6, 6.07) is 15.0. The molecule has 0 spiro atoms. The Morgan fingerprint density at radius 2 is 2.10 bits per heavy atom. The molecule has 1 unspecified atom stereocenters. The third-order valence-corrected chi connectivity index (χ3v) is 4.63. The van der Waals surface area contributed by atoms with Gasteiger partial charge in [-0.05, 0) is 30.3 Å². The standard InChI is InChI=1S/C16H15ClN2OS/c1-11-10-19(14-7-2-3-8-15(14)21-11)16(20)18-13-6-4-5-12(17)9-13/h2-9,11H,10H2,1H3,(H,18,20). The first-order valence-electron chi connectivity index (χ1n) is 6.73. The quantitative estimate of drug-likeness (QED) is 0.813. The topological polar surface area (TPSA) is 32.3 Å². The van der Waals surface area contributed by atoms with Crippen LogP contribution in [-0.2, 0) is 0 Å². The van der Waals surface area contributed by atoms with Gasteiger partial charge >= 0.3 is 6.03 Å². The van der Waals surface area contributed by atoms with E-state index in [2.05, 4.69) is 18.3 Å². The van der Waals surface area contributed by atoms with Gasteiger partial charge in [0.05, 0.1) is 5.69 Å². The minimum Gasteiger partial charge on any atom is -0.307 e. The third-order valence-electron chi connectivity index (χ3n) is 3.24. The van der Waals surface area contributed by atoms with Crippen LogP contribution in [0.3, 0.4) is 0 Å². The molecule has 0 radical (unpaired) electrons. The number of hydrogen-bond donors (Lipinski definition) is 1. The highest BCUT2D eigenvalue weighted by Gasteiger charge is 2.26. The van der Waals surface area contributed by atoms with Gasteiger partial charge in [0, 0.05) is 27.4 Å². The van der Waals surface area contributed by atoms with E-state index < -0.39 is 0 Å². The van der Waals surface area contributed by atoms with Crippen molar-refractivity contribution in [1.82, 2.24) is 0 Å². The molecule has 108 valence electrons. The molecule has 3 rings (SSSR count). The predicted molar refractivity (Wildman–Crippen MR) is 89.6 cm³/mol. The number of fused-ring (bicyclic) bond motifs is 1. The maximum absolute atomic E-state index is 12.5. The smallest absolute Gasteiger partial charge is 0.307 e. The van der Waals surface area contributed by atoms with Crippen LogP contribution in [0.5, 0.6) is 0 Å². The van der Waals surface area contributed by atoms with Crippen molar-refractivity contribution in [3.8, 4) is 0 Å².